The summed E-state index contributed by atoms with van der Waals surface area (Å²) >= 11 is 3.37. The maximum Gasteiger partial charge on any atom is 0.247 e. The second-order valence-electron chi connectivity index (χ2n) is 5.83. The van der Waals surface area contributed by atoms with E-state index in [1.54, 1.807) is 4.90 Å². The highest BCUT2D eigenvalue weighted by molar-refractivity contribution is 9.10. The maximum absolute atomic E-state index is 12.5. The lowest BCUT2D eigenvalue weighted by Crippen LogP contribution is -2.49. The van der Waals surface area contributed by atoms with E-state index in [4.69, 9.17) is 0 Å². The van der Waals surface area contributed by atoms with Gasteiger partial charge in [0.15, 0.2) is 0 Å². The first-order chi connectivity index (χ1) is 10.6. The van der Waals surface area contributed by atoms with E-state index in [0.717, 1.165) is 42.4 Å². The Hall–Kier alpha value is -1.11. The largest absolute Gasteiger partial charge is 0.329 e. The van der Waals surface area contributed by atoms with Crippen molar-refractivity contribution in [2.24, 2.45) is 0 Å². The van der Waals surface area contributed by atoms with Gasteiger partial charge in [-0.15, -0.1) is 12.4 Å². The molecule has 2 aliphatic heterocycles. The SMILES string of the molecule is Cl.O=C(Nc1ccc(Br)cc1)[C@@H]1CCCN1C(=O)[C@@H]1CCCN1. The number of carbonyl (C=O) groups excluding carboxylic acids is 2. The van der Waals surface area contributed by atoms with Crippen LogP contribution in [-0.4, -0.2) is 41.9 Å². The van der Waals surface area contributed by atoms with Crippen LogP contribution in [0.15, 0.2) is 28.7 Å². The van der Waals surface area contributed by atoms with Crippen molar-refractivity contribution in [3.63, 3.8) is 0 Å². The van der Waals surface area contributed by atoms with Crippen LogP contribution in [0.2, 0.25) is 0 Å². The van der Waals surface area contributed by atoms with E-state index in [2.05, 4.69) is 26.6 Å². The van der Waals surface area contributed by atoms with Gasteiger partial charge in [-0.05, 0) is 56.5 Å². The van der Waals surface area contributed by atoms with Crippen molar-refractivity contribution in [3.8, 4) is 0 Å². The van der Waals surface area contributed by atoms with Gasteiger partial charge >= 0.3 is 0 Å². The van der Waals surface area contributed by atoms with Crippen molar-refractivity contribution in [1.29, 1.82) is 0 Å². The number of nitrogens with one attached hydrogen (secondary N) is 2. The maximum atomic E-state index is 12.5. The van der Waals surface area contributed by atoms with Gasteiger partial charge in [-0.2, -0.15) is 0 Å². The Bertz CT molecular complexity index is 561. The van der Waals surface area contributed by atoms with Gasteiger partial charge in [0.2, 0.25) is 11.8 Å². The zero-order chi connectivity index (χ0) is 15.5. The fourth-order valence-corrected chi connectivity index (χ4v) is 3.42. The van der Waals surface area contributed by atoms with Crippen LogP contribution < -0.4 is 10.6 Å². The molecule has 2 heterocycles. The van der Waals surface area contributed by atoms with E-state index >= 15 is 0 Å². The molecule has 1 aromatic rings. The van der Waals surface area contributed by atoms with E-state index in [1.807, 2.05) is 24.3 Å². The normalized spacial score (nSPS) is 23.4. The topological polar surface area (TPSA) is 61.4 Å². The van der Waals surface area contributed by atoms with Crippen molar-refractivity contribution >= 4 is 45.8 Å². The average Bonchev–Trinajstić information content (AvgIpc) is 3.20. The van der Waals surface area contributed by atoms with Gasteiger partial charge in [0.1, 0.15) is 6.04 Å². The number of hydrogen-bond acceptors (Lipinski definition) is 3. The second-order valence-corrected chi connectivity index (χ2v) is 6.75. The molecule has 2 atom stereocenters. The molecule has 0 unspecified atom stereocenters. The van der Waals surface area contributed by atoms with Crippen LogP contribution in [0.5, 0.6) is 0 Å². The Kier molecular flexibility index (Phi) is 6.44. The molecule has 0 aliphatic carbocycles. The molecule has 2 saturated heterocycles. The number of amides is 2. The summed E-state index contributed by atoms with van der Waals surface area (Å²) in [5.74, 6) is -0.0166. The van der Waals surface area contributed by atoms with Crippen molar-refractivity contribution in [3.05, 3.63) is 28.7 Å². The molecule has 2 N–H and O–H groups in total. The molecule has 0 aromatic heterocycles. The van der Waals surface area contributed by atoms with Gasteiger partial charge in [-0.1, -0.05) is 15.9 Å². The minimum Gasteiger partial charge on any atom is -0.329 e. The molecule has 2 fully saturated rings. The van der Waals surface area contributed by atoms with Crippen LogP contribution in [0, 0.1) is 0 Å². The smallest absolute Gasteiger partial charge is 0.247 e. The lowest BCUT2D eigenvalue weighted by Gasteiger charge is -2.26. The summed E-state index contributed by atoms with van der Waals surface area (Å²) < 4.78 is 0.968. The Balaban J connectivity index is 0.00000192. The highest BCUT2D eigenvalue weighted by Gasteiger charge is 2.37. The van der Waals surface area contributed by atoms with Crippen molar-refractivity contribution in [2.45, 2.75) is 37.8 Å². The van der Waals surface area contributed by atoms with Crippen LogP contribution in [0.25, 0.3) is 0 Å². The molecule has 0 saturated carbocycles. The number of halogens is 2. The Morgan fingerprint density at radius 1 is 1.17 bits per heavy atom. The second kappa shape index (κ2) is 8.13. The molecule has 23 heavy (non-hydrogen) atoms. The van der Waals surface area contributed by atoms with Gasteiger partial charge in [0, 0.05) is 16.7 Å². The molecule has 0 radical (unpaired) electrons. The minimum atomic E-state index is -0.349. The average molecular weight is 403 g/mol. The molecule has 7 heteroatoms. The number of anilines is 1. The standard InChI is InChI=1S/C16H20BrN3O2.ClH/c17-11-5-7-12(8-6-11)19-15(21)14-4-2-10-20(14)16(22)13-3-1-9-18-13;/h5-8,13-14,18H,1-4,9-10H2,(H,19,21);1H/t13-,14-;/m0./s1. The third-order valence-corrected chi connectivity index (χ3v) is 4.84. The van der Waals surface area contributed by atoms with Gasteiger partial charge in [0.05, 0.1) is 6.04 Å². The monoisotopic (exact) mass is 401 g/mol. The Morgan fingerprint density at radius 2 is 1.91 bits per heavy atom. The van der Waals surface area contributed by atoms with E-state index < -0.39 is 0 Å². The zero-order valence-electron chi connectivity index (χ0n) is 12.8. The van der Waals surface area contributed by atoms with Gasteiger partial charge in [0.25, 0.3) is 0 Å². The molecule has 0 spiro atoms. The molecular weight excluding hydrogens is 382 g/mol. The van der Waals surface area contributed by atoms with E-state index in [0.29, 0.717) is 6.54 Å². The highest BCUT2D eigenvalue weighted by atomic mass is 79.9. The summed E-state index contributed by atoms with van der Waals surface area (Å²) in [4.78, 5) is 26.8. The summed E-state index contributed by atoms with van der Waals surface area (Å²) in [7, 11) is 0. The number of nitrogens with zero attached hydrogens (tertiary/aromatic N) is 1. The molecule has 5 nitrogen and oxygen atoms in total. The first kappa shape index (κ1) is 18.2. The zero-order valence-corrected chi connectivity index (χ0v) is 15.2. The van der Waals surface area contributed by atoms with Crippen molar-refractivity contribution in [1.82, 2.24) is 10.2 Å². The quantitative estimate of drug-likeness (QED) is 0.817. The van der Waals surface area contributed by atoms with Crippen LogP contribution in [0.4, 0.5) is 5.69 Å². The minimum absolute atomic E-state index is 0. The molecule has 2 amide bonds. The lowest BCUT2D eigenvalue weighted by molar-refractivity contribution is -0.138. The Morgan fingerprint density at radius 3 is 2.57 bits per heavy atom. The van der Waals surface area contributed by atoms with Gasteiger partial charge in [-0.3, -0.25) is 9.59 Å². The van der Waals surface area contributed by atoms with Crippen LogP contribution >= 0.6 is 28.3 Å². The molecule has 1 aromatic carbocycles. The number of rotatable bonds is 3. The van der Waals surface area contributed by atoms with Gasteiger partial charge < -0.3 is 15.5 Å². The van der Waals surface area contributed by atoms with E-state index in [9.17, 15) is 9.59 Å². The first-order valence-electron chi connectivity index (χ1n) is 7.75. The van der Waals surface area contributed by atoms with E-state index in [1.165, 1.54) is 0 Å². The summed E-state index contributed by atoms with van der Waals surface area (Å²) in [6.07, 6.45) is 3.52. The summed E-state index contributed by atoms with van der Waals surface area (Å²) in [5, 5.41) is 6.13. The molecular formula is C16H21BrClN3O2. The molecule has 3 rings (SSSR count). The summed E-state index contributed by atoms with van der Waals surface area (Å²) in [6.45, 7) is 1.56. The predicted molar refractivity (Wildman–Crippen MR) is 95.8 cm³/mol. The number of carbonyl (C=O) groups is 2. The fourth-order valence-electron chi connectivity index (χ4n) is 3.16. The Labute approximate surface area is 150 Å². The van der Waals surface area contributed by atoms with Crippen LogP contribution in [0.1, 0.15) is 25.7 Å². The van der Waals surface area contributed by atoms with Crippen molar-refractivity contribution in [2.75, 3.05) is 18.4 Å². The highest BCUT2D eigenvalue weighted by Crippen LogP contribution is 2.22. The lowest BCUT2D eigenvalue weighted by atomic mass is 10.1. The number of hydrogen-bond donors (Lipinski definition) is 2. The van der Waals surface area contributed by atoms with Crippen molar-refractivity contribution < 1.29 is 9.59 Å². The number of benzene rings is 1. The molecule has 126 valence electrons. The molecule has 2 aliphatic rings. The van der Waals surface area contributed by atoms with Gasteiger partial charge in [-0.25, -0.2) is 0 Å². The third-order valence-electron chi connectivity index (χ3n) is 4.31. The summed E-state index contributed by atoms with van der Waals surface area (Å²) in [5.41, 5.74) is 0.756. The molecule has 0 bridgehead atoms. The fraction of sp³-hybridized carbons (Fsp3) is 0.500. The third kappa shape index (κ3) is 4.25. The summed E-state index contributed by atoms with van der Waals surface area (Å²) in [6, 6.07) is 7.01. The van der Waals surface area contributed by atoms with Crippen LogP contribution in [-0.2, 0) is 9.59 Å². The first-order valence-corrected chi connectivity index (χ1v) is 8.55. The number of likely N-dealkylation sites (tertiary alicyclic amines) is 1. The predicted octanol–water partition coefficient (Wildman–Crippen LogP) is 2.55. The van der Waals surface area contributed by atoms with Crippen LogP contribution in [0.3, 0.4) is 0 Å². The van der Waals surface area contributed by atoms with E-state index in [-0.39, 0.29) is 36.3 Å².